The zero-order chi connectivity index (χ0) is 12.7. The summed E-state index contributed by atoms with van der Waals surface area (Å²) >= 11 is 1.80. The van der Waals surface area contributed by atoms with Gasteiger partial charge in [-0.15, -0.1) is 0 Å². The van der Waals surface area contributed by atoms with Gasteiger partial charge < -0.3 is 5.32 Å². The molecule has 0 aliphatic carbocycles. The molecule has 0 aliphatic heterocycles. The van der Waals surface area contributed by atoms with Crippen molar-refractivity contribution in [2.24, 2.45) is 11.3 Å². The van der Waals surface area contributed by atoms with Crippen molar-refractivity contribution in [2.75, 3.05) is 13.1 Å². The van der Waals surface area contributed by atoms with Gasteiger partial charge in [-0.2, -0.15) is 11.3 Å². The standard InChI is InChI=1S/C15H27NS/c1-5-9-16-12-15(4,13(2)3)8-6-14-7-10-17-11-14/h7,10-11,13,16H,5-6,8-9,12H2,1-4H3. The first kappa shape index (κ1) is 14.7. The largest absolute Gasteiger partial charge is 0.316 e. The smallest absolute Gasteiger partial charge is 0.000772 e. The summed E-state index contributed by atoms with van der Waals surface area (Å²) in [4.78, 5) is 0. The summed E-state index contributed by atoms with van der Waals surface area (Å²) in [6.45, 7) is 11.6. The molecule has 0 radical (unpaired) electrons. The highest BCUT2D eigenvalue weighted by Crippen LogP contribution is 2.32. The van der Waals surface area contributed by atoms with Crippen molar-refractivity contribution in [1.82, 2.24) is 5.32 Å². The van der Waals surface area contributed by atoms with E-state index in [0.29, 0.717) is 5.41 Å². The van der Waals surface area contributed by atoms with Gasteiger partial charge >= 0.3 is 0 Å². The van der Waals surface area contributed by atoms with Gasteiger partial charge in [0.1, 0.15) is 0 Å². The van der Waals surface area contributed by atoms with Crippen molar-refractivity contribution in [3.05, 3.63) is 22.4 Å². The molecule has 1 aromatic heterocycles. The van der Waals surface area contributed by atoms with Gasteiger partial charge in [0.05, 0.1) is 0 Å². The Morgan fingerprint density at radius 1 is 1.41 bits per heavy atom. The Labute approximate surface area is 111 Å². The van der Waals surface area contributed by atoms with E-state index in [0.717, 1.165) is 19.0 Å². The fourth-order valence-corrected chi connectivity index (χ4v) is 2.70. The molecule has 17 heavy (non-hydrogen) atoms. The molecule has 1 rings (SSSR count). The van der Waals surface area contributed by atoms with E-state index in [1.165, 1.54) is 24.8 Å². The lowest BCUT2D eigenvalue weighted by molar-refractivity contribution is 0.192. The van der Waals surface area contributed by atoms with Crippen LogP contribution in [0.2, 0.25) is 0 Å². The molecule has 0 fully saturated rings. The molecule has 0 aromatic carbocycles. The minimum atomic E-state index is 0.414. The SMILES string of the molecule is CCCNCC(C)(CCc1ccsc1)C(C)C. The Morgan fingerprint density at radius 3 is 2.71 bits per heavy atom. The van der Waals surface area contributed by atoms with Gasteiger partial charge in [0.2, 0.25) is 0 Å². The van der Waals surface area contributed by atoms with E-state index < -0.39 is 0 Å². The number of hydrogen-bond acceptors (Lipinski definition) is 2. The second-order valence-electron chi connectivity index (χ2n) is 5.62. The van der Waals surface area contributed by atoms with Crippen LogP contribution in [-0.4, -0.2) is 13.1 Å². The van der Waals surface area contributed by atoms with Gasteiger partial charge in [-0.05, 0) is 59.5 Å². The lowest BCUT2D eigenvalue weighted by atomic mass is 9.75. The highest BCUT2D eigenvalue weighted by Gasteiger charge is 2.27. The summed E-state index contributed by atoms with van der Waals surface area (Å²) in [6, 6.07) is 2.25. The van der Waals surface area contributed by atoms with Crippen LogP contribution in [0.25, 0.3) is 0 Å². The average Bonchev–Trinajstić information content (AvgIpc) is 2.79. The number of thiophene rings is 1. The molecule has 0 saturated carbocycles. The maximum atomic E-state index is 3.59. The van der Waals surface area contributed by atoms with Crippen LogP contribution in [0.3, 0.4) is 0 Å². The Bertz CT molecular complexity index is 292. The number of aryl methyl sites for hydroxylation is 1. The summed E-state index contributed by atoms with van der Waals surface area (Å²) < 4.78 is 0. The Hall–Kier alpha value is -0.340. The van der Waals surface area contributed by atoms with Crippen molar-refractivity contribution >= 4 is 11.3 Å². The summed E-state index contributed by atoms with van der Waals surface area (Å²) in [6.07, 6.45) is 3.71. The summed E-state index contributed by atoms with van der Waals surface area (Å²) in [5.41, 5.74) is 1.91. The van der Waals surface area contributed by atoms with Gasteiger partial charge in [0, 0.05) is 6.54 Å². The maximum Gasteiger partial charge on any atom is 0.000772 e. The van der Waals surface area contributed by atoms with Crippen LogP contribution in [0.1, 0.15) is 46.1 Å². The van der Waals surface area contributed by atoms with Gasteiger partial charge in [-0.1, -0.05) is 27.7 Å². The quantitative estimate of drug-likeness (QED) is 0.679. The third-order valence-electron chi connectivity index (χ3n) is 3.91. The van der Waals surface area contributed by atoms with Crippen molar-refractivity contribution < 1.29 is 0 Å². The second kappa shape index (κ2) is 7.17. The molecular formula is C15H27NS. The van der Waals surface area contributed by atoms with E-state index in [1.54, 1.807) is 11.3 Å². The van der Waals surface area contributed by atoms with Crippen LogP contribution in [0.4, 0.5) is 0 Å². The van der Waals surface area contributed by atoms with Gasteiger partial charge in [0.15, 0.2) is 0 Å². The highest BCUT2D eigenvalue weighted by atomic mass is 32.1. The predicted octanol–water partition coefficient (Wildman–Crippen LogP) is 4.34. The minimum Gasteiger partial charge on any atom is -0.316 e. The molecular weight excluding hydrogens is 226 g/mol. The maximum absolute atomic E-state index is 3.59. The molecule has 1 nitrogen and oxygen atoms in total. The Kier molecular flexibility index (Phi) is 6.21. The molecule has 0 amide bonds. The van der Waals surface area contributed by atoms with Crippen LogP contribution in [0.5, 0.6) is 0 Å². The number of hydrogen-bond donors (Lipinski definition) is 1. The lowest BCUT2D eigenvalue weighted by Crippen LogP contribution is -2.36. The van der Waals surface area contributed by atoms with E-state index in [1.807, 2.05) is 0 Å². The van der Waals surface area contributed by atoms with E-state index in [-0.39, 0.29) is 0 Å². The van der Waals surface area contributed by atoms with Crippen LogP contribution in [0.15, 0.2) is 16.8 Å². The van der Waals surface area contributed by atoms with Gasteiger partial charge in [-0.3, -0.25) is 0 Å². The van der Waals surface area contributed by atoms with Gasteiger partial charge in [-0.25, -0.2) is 0 Å². The zero-order valence-corrected chi connectivity index (χ0v) is 12.6. The van der Waals surface area contributed by atoms with Crippen molar-refractivity contribution in [2.45, 2.75) is 47.0 Å². The van der Waals surface area contributed by atoms with E-state index >= 15 is 0 Å². The monoisotopic (exact) mass is 253 g/mol. The summed E-state index contributed by atoms with van der Waals surface area (Å²) in [5.74, 6) is 0.727. The fourth-order valence-electron chi connectivity index (χ4n) is 2.00. The topological polar surface area (TPSA) is 12.0 Å². The molecule has 1 unspecified atom stereocenters. The molecule has 0 spiro atoms. The third kappa shape index (κ3) is 4.81. The van der Waals surface area contributed by atoms with Crippen LogP contribution in [0, 0.1) is 11.3 Å². The molecule has 0 saturated heterocycles. The molecule has 1 aromatic rings. The normalized spacial score (nSPS) is 15.1. The van der Waals surface area contributed by atoms with Gasteiger partial charge in [0.25, 0.3) is 0 Å². The van der Waals surface area contributed by atoms with E-state index in [9.17, 15) is 0 Å². The molecule has 2 heteroatoms. The minimum absolute atomic E-state index is 0.414. The molecule has 0 bridgehead atoms. The van der Waals surface area contributed by atoms with Crippen molar-refractivity contribution in [3.8, 4) is 0 Å². The molecule has 0 aliphatic rings. The zero-order valence-electron chi connectivity index (χ0n) is 11.8. The molecule has 98 valence electrons. The van der Waals surface area contributed by atoms with Crippen LogP contribution in [-0.2, 0) is 6.42 Å². The fraction of sp³-hybridized carbons (Fsp3) is 0.733. The lowest BCUT2D eigenvalue weighted by Gasteiger charge is -2.34. The first-order valence-corrected chi connectivity index (χ1v) is 7.74. The predicted molar refractivity (Wildman–Crippen MR) is 78.7 cm³/mol. The molecule has 1 heterocycles. The van der Waals surface area contributed by atoms with E-state index in [2.05, 4.69) is 49.8 Å². The summed E-state index contributed by atoms with van der Waals surface area (Å²) in [5, 5.41) is 8.05. The summed E-state index contributed by atoms with van der Waals surface area (Å²) in [7, 11) is 0. The molecule has 1 N–H and O–H groups in total. The molecule has 1 atom stereocenters. The van der Waals surface area contributed by atoms with Crippen LogP contribution < -0.4 is 5.32 Å². The van der Waals surface area contributed by atoms with Crippen molar-refractivity contribution in [1.29, 1.82) is 0 Å². The average molecular weight is 253 g/mol. The first-order valence-electron chi connectivity index (χ1n) is 6.80. The Balaban J connectivity index is 2.46. The second-order valence-corrected chi connectivity index (χ2v) is 6.40. The van der Waals surface area contributed by atoms with E-state index in [4.69, 9.17) is 0 Å². The first-order chi connectivity index (χ1) is 8.08. The highest BCUT2D eigenvalue weighted by molar-refractivity contribution is 7.07. The van der Waals surface area contributed by atoms with Crippen molar-refractivity contribution in [3.63, 3.8) is 0 Å². The number of nitrogens with one attached hydrogen (secondary N) is 1. The van der Waals surface area contributed by atoms with Crippen LogP contribution >= 0.6 is 11.3 Å². The third-order valence-corrected chi connectivity index (χ3v) is 4.65. The Morgan fingerprint density at radius 2 is 2.18 bits per heavy atom. The number of rotatable bonds is 8.